The number of H-pyrrole nitrogens is 2. The van der Waals surface area contributed by atoms with Gasteiger partial charge in [0.15, 0.2) is 23.1 Å². The number of hydrogen-bond donors (Lipinski definition) is 4. The number of nitrogens with one attached hydrogen (secondary N) is 2. The van der Waals surface area contributed by atoms with Crippen LogP contribution in [0, 0.1) is 11.6 Å². The molecule has 0 unspecified atom stereocenters. The van der Waals surface area contributed by atoms with E-state index in [4.69, 9.17) is 114 Å². The summed E-state index contributed by atoms with van der Waals surface area (Å²) in [6, 6.07) is 43.0. The molecule has 0 saturated carbocycles. The van der Waals surface area contributed by atoms with Crippen molar-refractivity contribution in [3.63, 3.8) is 0 Å². The number of hydrogen-bond acceptors (Lipinski definition) is 22. The zero-order chi connectivity index (χ0) is 88.7. The second-order valence-electron chi connectivity index (χ2n) is 23.3. The second kappa shape index (κ2) is 55.5. The van der Waals surface area contributed by atoms with E-state index in [2.05, 4.69) is 76.7 Å². The van der Waals surface area contributed by atoms with Gasteiger partial charge in [-0.1, -0.05) is 64.6 Å². The summed E-state index contributed by atoms with van der Waals surface area (Å²) in [5.74, 6) is 3.53. The Hall–Kier alpha value is -9.77. The maximum absolute atomic E-state index is 13.0. The van der Waals surface area contributed by atoms with Crippen molar-refractivity contribution in [3.8, 4) is 63.2 Å². The van der Waals surface area contributed by atoms with E-state index in [1.807, 2.05) is 86.6 Å². The smallest absolute Gasteiger partial charge is 1.00 e. The number of carboxylic acid groups (broad SMARTS) is 1. The summed E-state index contributed by atoms with van der Waals surface area (Å²) in [7, 11) is 12.4. The van der Waals surface area contributed by atoms with Crippen LogP contribution in [0.15, 0.2) is 225 Å². The van der Waals surface area contributed by atoms with Gasteiger partial charge in [-0.15, -0.1) is 0 Å². The third-order valence-electron chi connectivity index (χ3n) is 16.1. The fourth-order valence-corrected chi connectivity index (χ4v) is 12.0. The Morgan fingerprint density at radius 1 is 0.488 bits per heavy atom. The first kappa shape index (κ1) is 106. The summed E-state index contributed by atoms with van der Waals surface area (Å²) >= 11 is 30.6. The number of halogens is 8. The molecule has 0 atom stereocenters. The van der Waals surface area contributed by atoms with Gasteiger partial charge in [-0.3, -0.25) is 19.2 Å². The zero-order valence-corrected chi connectivity index (χ0v) is 80.1. The molecule has 6 aromatic heterocycles. The zero-order valence-electron chi connectivity index (χ0n) is 68.7. The Balaban J connectivity index is 0.000000362. The monoisotopic (exact) mass is 1940 g/mol. The average molecular weight is 1940 g/mol. The van der Waals surface area contributed by atoms with Gasteiger partial charge in [0.25, 0.3) is 17.6 Å². The fourth-order valence-electron chi connectivity index (χ4n) is 10.3. The van der Waals surface area contributed by atoms with E-state index < -0.39 is 23.5 Å². The number of azide groups is 1. The van der Waals surface area contributed by atoms with Crippen LogP contribution in [0.25, 0.3) is 87.2 Å². The molecule has 8 aromatic carbocycles. The minimum Gasteiger partial charge on any atom is -1.00 e. The van der Waals surface area contributed by atoms with E-state index in [0.717, 1.165) is 104 Å². The van der Waals surface area contributed by atoms with E-state index in [9.17, 15) is 33.1 Å². The molecule has 14 rings (SSSR count). The van der Waals surface area contributed by atoms with Crippen LogP contribution in [0.1, 0.15) is 26.4 Å². The van der Waals surface area contributed by atoms with Crippen LogP contribution in [0.3, 0.4) is 0 Å². The van der Waals surface area contributed by atoms with Crippen LogP contribution >= 0.6 is 78.3 Å². The Kier molecular flexibility index (Phi) is 47.6. The van der Waals surface area contributed by atoms with Gasteiger partial charge < -0.3 is 79.1 Å². The van der Waals surface area contributed by atoms with Gasteiger partial charge in [-0.05, 0) is 225 Å². The molecule has 0 fully saturated rings. The number of nitrogens with zero attached hydrogens (tertiary/aromatic N) is 7. The molecule has 123 heavy (non-hydrogen) atoms. The SMILES string of the molecule is CCOc1cnc(Cl)c2ccc(OC)cc12.CCOc1cnc(Cl)c2ccc(OC)cc12.COc1cc(/C=C/C(=O)N=[N+]=[N-])ccc1F.COc1cc(/C=C/C(=O)O)ccc1F.COc1ccc2c(=O)[nH]cc(Br)c2c1.COc1ccc2c(=O)[nH]ccc2c1.COc1ccc2c(Cl)ncc(Br)c2c1.COc1ccc2c(Cl)ncc(O)c2c1.O=CO[O-].[H-].[K+].[K+]. The molecule has 1 amide bonds. The van der Waals surface area contributed by atoms with E-state index in [1.54, 1.807) is 116 Å². The van der Waals surface area contributed by atoms with E-state index in [1.165, 1.54) is 69.0 Å². The molecule has 0 bridgehead atoms. The second-order valence-corrected chi connectivity index (χ2v) is 26.5. The molecule has 0 aliphatic rings. The summed E-state index contributed by atoms with van der Waals surface area (Å²) in [6.45, 7) is 4.87. The summed E-state index contributed by atoms with van der Waals surface area (Å²) in [6.07, 6.45) is 14.4. The van der Waals surface area contributed by atoms with Crippen LogP contribution in [-0.4, -0.2) is 129 Å². The summed E-state index contributed by atoms with van der Waals surface area (Å²) < 4.78 is 78.8. The van der Waals surface area contributed by atoms with E-state index in [0.29, 0.717) is 72.2 Å². The van der Waals surface area contributed by atoms with E-state index >= 15 is 0 Å². The minimum absolute atomic E-state index is 0. The molecular formula is C85H75Br2Cl4F2K2N9O19. The predicted molar refractivity (Wildman–Crippen MR) is 469 cm³/mol. The van der Waals surface area contributed by atoms with Crippen molar-refractivity contribution in [2.24, 2.45) is 5.11 Å². The first-order valence-electron chi connectivity index (χ1n) is 34.9. The summed E-state index contributed by atoms with van der Waals surface area (Å²) in [5.41, 5.74) is 8.97. The molecule has 14 aromatic rings. The van der Waals surface area contributed by atoms with Crippen LogP contribution in [0.4, 0.5) is 8.78 Å². The number of aromatic nitrogens is 6. The number of amides is 1. The number of fused-ring (bicyclic) bond motifs is 6. The minimum atomic E-state index is -1.05. The molecule has 28 nitrogen and oxygen atoms in total. The number of aromatic amines is 2. The number of aliphatic carboxylic acids is 1. The number of methoxy groups -OCH3 is 8. The number of pyridine rings is 6. The van der Waals surface area contributed by atoms with Gasteiger partial charge in [0, 0.05) is 97.8 Å². The van der Waals surface area contributed by atoms with Gasteiger partial charge >= 0.3 is 109 Å². The average Bonchev–Trinajstić information content (AvgIpc) is 0.828. The molecule has 0 saturated heterocycles. The molecule has 0 aliphatic heterocycles. The maximum atomic E-state index is 13.0. The van der Waals surface area contributed by atoms with Crippen molar-refractivity contribution in [2.75, 3.05) is 70.1 Å². The first-order chi connectivity index (χ1) is 58.2. The summed E-state index contributed by atoms with van der Waals surface area (Å²) in [5, 5.41) is 40.9. The predicted octanol–water partition coefficient (Wildman–Crippen LogP) is 13.9. The Labute approximate surface area is 825 Å². The van der Waals surface area contributed by atoms with Crippen LogP contribution in [0.5, 0.6) is 63.2 Å². The molecule has 0 spiro atoms. The van der Waals surface area contributed by atoms with Crippen molar-refractivity contribution < 1.29 is 195 Å². The molecule has 6 heterocycles. The number of rotatable bonds is 17. The topological polar surface area (TPSA) is 382 Å². The normalized spacial score (nSPS) is 10.0. The van der Waals surface area contributed by atoms with Crippen molar-refractivity contribution >= 4 is 173 Å². The van der Waals surface area contributed by atoms with Crippen molar-refractivity contribution in [3.05, 3.63) is 284 Å². The quantitative estimate of drug-likeness (QED) is 0.00757. The van der Waals surface area contributed by atoms with Crippen LogP contribution < -0.4 is 167 Å². The third kappa shape index (κ3) is 32.4. The largest absolute Gasteiger partial charge is 1.00 e. The molecular weight excluding hydrogens is 1870 g/mol. The van der Waals surface area contributed by atoms with Gasteiger partial charge in [0.1, 0.15) is 72.4 Å². The standard InChI is InChI=1S/2C12H12ClNO2.C10H7BrClNO.C10H8BrNO2.C10H8ClNO2.C10H8FN3O2.C10H9FO3.C10H9NO2.CH2O3.2K.H/c2*1-3-16-11-7-14-12(13)9-5-4-8(15-2)6-10(9)11;1-14-6-2-3-7-8(4-6)9(11)5-13-10(7)12;1-14-6-2-3-7-8(4-6)9(11)5-12-10(7)13;1-14-6-2-3-7-8(4-6)9(13)5-12-10(7)11;1-16-9-6-7(2-4-8(9)11)3-5-10(15)13-14-12;1-14-9-6-7(2-4-8(9)11)3-5-10(12)13;1-13-8-2-3-9-7(6-8)4-5-11-10(9)12;2-1-4-3;;;/h2*4-7H,3H2,1-2H3;2-5H,1H3;2-5H,1H3,(H,12,13);2-5,13H,1H3;2-6H,1H3;2-6H,1H3,(H,12,13);2-6H,1H3,(H,11,12);1,3H;;;/q;;;;;;;;;2*+1;-1/p-1/b;;;;;2*5-3+;;;;;. The van der Waals surface area contributed by atoms with Crippen molar-refractivity contribution in [1.29, 1.82) is 0 Å². The number of carboxylic acids is 1. The molecule has 0 aliphatic carbocycles. The van der Waals surface area contributed by atoms with Crippen LogP contribution in [0.2, 0.25) is 20.6 Å². The van der Waals surface area contributed by atoms with Gasteiger partial charge in [0.2, 0.25) is 5.91 Å². The van der Waals surface area contributed by atoms with E-state index in [-0.39, 0.29) is 139 Å². The Morgan fingerprint density at radius 3 is 1.27 bits per heavy atom. The number of aromatic hydroxyl groups is 1. The third-order valence-corrected chi connectivity index (χ3v) is 18.5. The fraction of sp³-hybridized carbons (Fsp3) is 0.141. The Bertz CT molecular complexity index is 5990. The maximum Gasteiger partial charge on any atom is 1.00 e. The van der Waals surface area contributed by atoms with Crippen molar-refractivity contribution in [1.82, 2.24) is 29.9 Å². The molecule has 632 valence electrons. The molecule has 38 heteroatoms. The number of carbonyl (C=O) groups excluding carboxylic acids is 2. The van der Waals surface area contributed by atoms with Crippen molar-refractivity contribution in [2.45, 2.75) is 13.8 Å². The number of ether oxygens (including phenoxy) is 10. The Morgan fingerprint density at radius 2 is 0.854 bits per heavy atom. The van der Waals surface area contributed by atoms with Crippen LogP contribution in [-0.2, 0) is 19.3 Å². The first-order valence-corrected chi connectivity index (χ1v) is 38.0. The summed E-state index contributed by atoms with van der Waals surface area (Å²) in [4.78, 5) is 78.6. The van der Waals surface area contributed by atoms with Gasteiger partial charge in [-0.2, -0.15) is 0 Å². The molecule has 0 radical (unpaired) electrons. The molecule has 4 N–H and O–H groups in total. The van der Waals surface area contributed by atoms with Gasteiger partial charge in [-0.25, -0.2) is 33.5 Å². The number of benzene rings is 8. The van der Waals surface area contributed by atoms with Gasteiger partial charge in [0.05, 0.1) is 88.7 Å². The number of carbonyl (C=O) groups is 3.